The van der Waals surface area contributed by atoms with Gasteiger partial charge in [-0.3, -0.25) is 14.6 Å². The van der Waals surface area contributed by atoms with Gasteiger partial charge in [0, 0.05) is 69.7 Å². The molecule has 12 nitrogen and oxygen atoms in total. The van der Waals surface area contributed by atoms with Crippen molar-refractivity contribution in [2.75, 3.05) is 46.9 Å². The predicted molar refractivity (Wildman–Crippen MR) is 201 cm³/mol. The molecule has 18 heteroatoms. The molecule has 2 atom stereocenters. The van der Waals surface area contributed by atoms with Crippen LogP contribution < -0.4 is 9.47 Å². The van der Waals surface area contributed by atoms with Gasteiger partial charge in [0.15, 0.2) is 5.75 Å². The van der Waals surface area contributed by atoms with Crippen LogP contribution in [0.25, 0.3) is 5.69 Å². The van der Waals surface area contributed by atoms with Gasteiger partial charge < -0.3 is 14.4 Å². The smallest absolute Gasteiger partial charge is 0.453 e. The third-order valence-corrected chi connectivity index (χ3v) is 9.62. The molecule has 288 valence electrons. The fourth-order valence-corrected chi connectivity index (χ4v) is 7.45. The van der Waals surface area contributed by atoms with Crippen LogP contribution in [0.15, 0.2) is 91.5 Å². The number of hydrogen-bond donors (Lipinski definition) is 0. The summed E-state index contributed by atoms with van der Waals surface area (Å²) >= 11 is 0. The molecule has 2 aromatic heterocycles. The number of carbonyl (C=O) groups is 1. The van der Waals surface area contributed by atoms with Gasteiger partial charge in [-0.15, -0.1) is 42.3 Å². The monoisotopic (exact) mass is 807 g/mol. The first-order chi connectivity index (χ1) is 24.8. The topological polar surface area (TPSA) is 115 Å². The molecule has 0 N–H and O–H groups in total. The highest BCUT2D eigenvalue weighted by atomic mass is 35.5. The van der Waals surface area contributed by atoms with Gasteiger partial charge in [-0.05, 0) is 33.7 Å². The van der Waals surface area contributed by atoms with Crippen LogP contribution in [0.1, 0.15) is 38.8 Å². The lowest BCUT2D eigenvalue weighted by Crippen LogP contribution is -2.67. The van der Waals surface area contributed by atoms with Crippen molar-refractivity contribution in [2.45, 2.75) is 30.7 Å². The van der Waals surface area contributed by atoms with Gasteiger partial charge in [0.05, 0.1) is 25.3 Å². The van der Waals surface area contributed by atoms with E-state index in [1.165, 1.54) is 39.0 Å². The first kappa shape index (κ1) is 42.2. The second kappa shape index (κ2) is 18.2. The Morgan fingerprint density at radius 2 is 1.50 bits per heavy atom. The maximum Gasteiger partial charge on any atom is 0.453 e. The minimum Gasteiger partial charge on any atom is -0.496 e. The number of carbonyl (C=O) groups excluding carboxylic acids is 1. The summed E-state index contributed by atoms with van der Waals surface area (Å²) in [5, 5.41) is 10.2. The van der Waals surface area contributed by atoms with E-state index in [4.69, 9.17) is 9.47 Å². The van der Waals surface area contributed by atoms with Crippen LogP contribution in [0.2, 0.25) is 0 Å². The lowest BCUT2D eigenvalue weighted by Gasteiger charge is -2.53. The van der Waals surface area contributed by atoms with E-state index in [0.29, 0.717) is 54.3 Å². The Hall–Kier alpha value is -4.54. The van der Waals surface area contributed by atoms with Crippen LogP contribution in [0.5, 0.6) is 11.5 Å². The molecule has 5 aromatic rings. The quantitative estimate of drug-likeness (QED) is 0.187. The molecule has 0 spiro atoms. The zero-order chi connectivity index (χ0) is 35.5. The van der Waals surface area contributed by atoms with Crippen molar-refractivity contribution in [3.05, 3.63) is 120 Å². The number of piperazine rings is 2. The van der Waals surface area contributed by atoms with Crippen molar-refractivity contribution >= 4 is 43.1 Å². The number of halogens is 6. The lowest BCUT2D eigenvalue weighted by molar-refractivity contribution is -0.146. The molecule has 1 amide bonds. The molecule has 0 bridgehead atoms. The molecule has 0 unspecified atom stereocenters. The number of aromatic nitrogens is 6. The van der Waals surface area contributed by atoms with Gasteiger partial charge in [-0.2, -0.15) is 17.9 Å². The van der Waals surface area contributed by atoms with Crippen LogP contribution in [-0.2, 0) is 12.7 Å². The number of amides is 1. The molecule has 2 aliphatic rings. The summed E-state index contributed by atoms with van der Waals surface area (Å²) in [6.07, 6.45) is -0.345. The molecule has 0 saturated carbocycles. The van der Waals surface area contributed by atoms with Crippen LogP contribution in [0.3, 0.4) is 0 Å². The van der Waals surface area contributed by atoms with Crippen molar-refractivity contribution in [3.8, 4) is 17.2 Å². The summed E-state index contributed by atoms with van der Waals surface area (Å²) in [6.45, 7) is 3.11. The molecule has 2 fully saturated rings. The number of methoxy groups -OCH3 is 2. The zero-order valence-electron chi connectivity index (χ0n) is 29.2. The Morgan fingerprint density at radius 3 is 2.09 bits per heavy atom. The molecule has 0 aliphatic carbocycles. The second-order valence-corrected chi connectivity index (χ2v) is 12.5. The van der Waals surface area contributed by atoms with Crippen molar-refractivity contribution in [1.82, 2.24) is 44.9 Å². The fourth-order valence-electron chi connectivity index (χ4n) is 7.45. The van der Waals surface area contributed by atoms with Crippen LogP contribution in [-0.4, -0.2) is 110 Å². The Balaban J connectivity index is 0.00000217. The second-order valence-electron chi connectivity index (χ2n) is 12.5. The van der Waals surface area contributed by atoms with E-state index >= 15 is 0 Å². The first-order valence-corrected chi connectivity index (χ1v) is 16.5. The maximum atomic E-state index is 13.9. The summed E-state index contributed by atoms with van der Waals surface area (Å²) < 4.78 is 53.9. The Morgan fingerprint density at radius 1 is 0.852 bits per heavy atom. The van der Waals surface area contributed by atoms with Gasteiger partial charge in [-0.1, -0.05) is 60.7 Å². The number of fused-ring (bicyclic) bond motifs is 1. The number of ether oxygens (including phenoxy) is 2. The summed E-state index contributed by atoms with van der Waals surface area (Å²) in [5.74, 6) is -0.811. The maximum absolute atomic E-state index is 13.9. The van der Waals surface area contributed by atoms with Crippen LogP contribution in [0.4, 0.5) is 13.2 Å². The molecule has 54 heavy (non-hydrogen) atoms. The van der Waals surface area contributed by atoms with Gasteiger partial charge >= 0.3 is 6.18 Å². The van der Waals surface area contributed by atoms with Crippen molar-refractivity contribution in [3.63, 3.8) is 0 Å². The SMILES string of the molecule is COc1ccc(-n2nnnc2C(F)(F)F)c(OC)c1CN1C[C@@H]2CN(C(=O)c3cncnc3)CCN2[C@H](C(c2ccccc2)c2ccccc2)C1.Cl.Cl.Cl. The van der Waals surface area contributed by atoms with Gasteiger partial charge in [0.1, 0.15) is 17.8 Å². The highest BCUT2D eigenvalue weighted by Crippen LogP contribution is 2.40. The van der Waals surface area contributed by atoms with Crippen molar-refractivity contribution in [1.29, 1.82) is 0 Å². The summed E-state index contributed by atoms with van der Waals surface area (Å²) in [6, 6.07) is 23.7. The van der Waals surface area contributed by atoms with Crippen LogP contribution in [0, 0.1) is 0 Å². The third-order valence-electron chi connectivity index (χ3n) is 9.62. The molecule has 3 aromatic carbocycles. The van der Waals surface area contributed by atoms with E-state index in [-0.39, 0.29) is 79.1 Å². The van der Waals surface area contributed by atoms with Gasteiger partial charge in [0.2, 0.25) is 0 Å². The molecule has 7 rings (SSSR count). The predicted octanol–water partition coefficient (Wildman–Crippen LogP) is 5.60. The average Bonchev–Trinajstić information content (AvgIpc) is 3.67. The van der Waals surface area contributed by atoms with Crippen molar-refractivity contribution < 1.29 is 27.4 Å². The number of hydrogen-bond acceptors (Lipinski definition) is 10. The number of benzene rings is 3. The van der Waals surface area contributed by atoms with E-state index in [0.717, 1.165) is 11.1 Å². The Kier molecular flexibility index (Phi) is 14.2. The van der Waals surface area contributed by atoms with Crippen LogP contribution >= 0.6 is 37.2 Å². The lowest BCUT2D eigenvalue weighted by atomic mass is 9.81. The molecule has 2 aliphatic heterocycles. The number of alkyl halides is 3. The molecule has 0 radical (unpaired) electrons. The molecular formula is C36H39Cl3F3N9O3. The average molecular weight is 809 g/mol. The van der Waals surface area contributed by atoms with Gasteiger partial charge in [0.25, 0.3) is 11.7 Å². The van der Waals surface area contributed by atoms with Crippen molar-refractivity contribution in [2.24, 2.45) is 0 Å². The number of rotatable bonds is 9. The summed E-state index contributed by atoms with van der Waals surface area (Å²) in [7, 11) is 2.91. The largest absolute Gasteiger partial charge is 0.496 e. The summed E-state index contributed by atoms with van der Waals surface area (Å²) in [5.41, 5.74) is 3.32. The molecular weight excluding hydrogens is 770 g/mol. The van der Waals surface area contributed by atoms with E-state index in [1.807, 2.05) is 41.3 Å². The summed E-state index contributed by atoms with van der Waals surface area (Å²) in [4.78, 5) is 28.3. The Labute approximate surface area is 328 Å². The highest BCUT2D eigenvalue weighted by Gasteiger charge is 2.44. The first-order valence-electron chi connectivity index (χ1n) is 16.5. The minimum absolute atomic E-state index is 0. The normalized spacial score (nSPS) is 17.4. The van der Waals surface area contributed by atoms with E-state index in [9.17, 15) is 18.0 Å². The molecule has 2 saturated heterocycles. The minimum atomic E-state index is -4.79. The highest BCUT2D eigenvalue weighted by molar-refractivity contribution is 5.93. The van der Waals surface area contributed by atoms with E-state index in [2.05, 4.69) is 59.6 Å². The molecule has 4 heterocycles. The zero-order valence-corrected chi connectivity index (χ0v) is 31.7. The van der Waals surface area contributed by atoms with E-state index < -0.39 is 12.0 Å². The standard InChI is InChI=1S/C36H36F3N9O3.3ClH/c1-50-31-14-13-29(48-35(36(37,38)39)42-43-44-48)33(51-2)28(31)21-45-19-27-20-46(34(49)26-17-40-23-41-18-26)15-16-47(27)30(22-45)32(24-9-5-3-6-10-24)25-11-7-4-8-12-25;;;/h3-14,17-18,23,27,30,32H,15-16,19-22H2,1-2H3;3*1H/t27-,30+;;;/m1.../s1. The fraction of sp³-hybridized carbons (Fsp3) is 0.333. The van der Waals surface area contributed by atoms with Gasteiger partial charge in [-0.25, -0.2) is 9.97 Å². The third kappa shape index (κ3) is 8.55. The number of nitrogens with zero attached hydrogens (tertiary/aromatic N) is 9. The number of tetrazole rings is 1. The van der Waals surface area contributed by atoms with E-state index in [1.54, 1.807) is 6.07 Å². The Bertz CT molecular complexity index is 1920.